The van der Waals surface area contributed by atoms with E-state index in [-0.39, 0.29) is 11.7 Å². The van der Waals surface area contributed by atoms with Crippen molar-refractivity contribution in [2.45, 2.75) is 13.8 Å². The maximum absolute atomic E-state index is 12.4. The van der Waals surface area contributed by atoms with Crippen molar-refractivity contribution in [2.24, 2.45) is 4.99 Å². The molecule has 0 aliphatic carbocycles. The molecule has 1 aromatic carbocycles. The number of nitrogens with zero attached hydrogens (tertiary/aromatic N) is 3. The molecule has 0 atom stereocenters. The lowest BCUT2D eigenvalue weighted by molar-refractivity contribution is -0.114. The van der Waals surface area contributed by atoms with E-state index in [1.807, 2.05) is 49.6 Å². The van der Waals surface area contributed by atoms with Gasteiger partial charge in [0.2, 0.25) is 0 Å². The third-order valence-electron chi connectivity index (χ3n) is 4.37. The summed E-state index contributed by atoms with van der Waals surface area (Å²) >= 11 is 4.81. The van der Waals surface area contributed by atoms with Crippen LogP contribution in [0.2, 0.25) is 0 Å². The van der Waals surface area contributed by atoms with E-state index in [2.05, 4.69) is 25.5 Å². The van der Waals surface area contributed by atoms with Crippen LogP contribution in [0.1, 0.15) is 17.0 Å². The Morgan fingerprint density at radius 3 is 2.69 bits per heavy atom. The molecule has 2 aromatic rings. The third kappa shape index (κ3) is 2.77. The summed E-state index contributed by atoms with van der Waals surface area (Å²) in [5, 5.41) is 10.7. The number of nitrogens with one attached hydrogen (secondary N) is 1. The standard InChI is InChI=1S/C19H15BrN4OS/c1-11-9-13(12(2)24(11)15-5-3-14(20)4-6-15)10-16-17(21)23-7-8-26-19(23)22-18(16)25/h3-10,21H,1-2H3/b16-10-,21-17?. The number of aryl methyl sites for hydroxylation is 1. The number of rotatable bonds is 2. The van der Waals surface area contributed by atoms with E-state index in [1.165, 1.54) is 11.8 Å². The van der Waals surface area contributed by atoms with Gasteiger partial charge in [0.05, 0.1) is 5.57 Å². The number of amidine groups is 2. The molecule has 4 rings (SSSR count). The van der Waals surface area contributed by atoms with E-state index in [1.54, 1.807) is 17.2 Å². The molecule has 2 aliphatic rings. The molecule has 2 aliphatic heterocycles. The summed E-state index contributed by atoms with van der Waals surface area (Å²) in [5.74, 6) is -0.208. The van der Waals surface area contributed by atoms with Gasteiger partial charge in [-0.15, -0.1) is 0 Å². The molecule has 5 nitrogen and oxygen atoms in total. The molecule has 1 N–H and O–H groups in total. The molecule has 26 heavy (non-hydrogen) atoms. The number of halogens is 1. The van der Waals surface area contributed by atoms with E-state index < -0.39 is 0 Å². The summed E-state index contributed by atoms with van der Waals surface area (Å²) in [6, 6.07) is 10.1. The lowest BCUT2D eigenvalue weighted by Crippen LogP contribution is -2.35. The molecule has 1 aromatic heterocycles. The van der Waals surface area contributed by atoms with Gasteiger partial charge in [-0.25, -0.2) is 0 Å². The molecule has 7 heteroatoms. The number of aromatic nitrogens is 1. The van der Waals surface area contributed by atoms with Gasteiger partial charge in [-0.2, -0.15) is 4.99 Å². The Balaban J connectivity index is 1.78. The van der Waals surface area contributed by atoms with Crippen LogP contribution in [0, 0.1) is 19.3 Å². The van der Waals surface area contributed by atoms with Gasteiger partial charge in [0, 0.05) is 27.7 Å². The fraction of sp³-hybridized carbons (Fsp3) is 0.105. The van der Waals surface area contributed by atoms with E-state index in [9.17, 15) is 4.79 Å². The normalized spacial score (nSPS) is 17.9. The van der Waals surface area contributed by atoms with Crippen LogP contribution >= 0.6 is 27.7 Å². The highest BCUT2D eigenvalue weighted by molar-refractivity contribution is 9.10. The van der Waals surface area contributed by atoms with E-state index >= 15 is 0 Å². The topological polar surface area (TPSA) is 61.5 Å². The number of amides is 1. The van der Waals surface area contributed by atoms with Gasteiger partial charge >= 0.3 is 0 Å². The summed E-state index contributed by atoms with van der Waals surface area (Å²) in [7, 11) is 0. The molecule has 0 saturated carbocycles. The zero-order chi connectivity index (χ0) is 18.4. The number of hydrogen-bond donors (Lipinski definition) is 1. The Labute approximate surface area is 163 Å². The fourth-order valence-electron chi connectivity index (χ4n) is 3.11. The van der Waals surface area contributed by atoms with E-state index in [4.69, 9.17) is 5.41 Å². The summed E-state index contributed by atoms with van der Waals surface area (Å²) < 4.78 is 3.16. The molecule has 0 spiro atoms. The zero-order valence-electron chi connectivity index (χ0n) is 14.2. The van der Waals surface area contributed by atoms with E-state index in [0.717, 1.165) is 27.1 Å². The molecule has 0 unspecified atom stereocenters. The maximum atomic E-state index is 12.4. The van der Waals surface area contributed by atoms with Crippen molar-refractivity contribution in [2.75, 3.05) is 0 Å². The van der Waals surface area contributed by atoms with Crippen LogP contribution in [-0.2, 0) is 4.79 Å². The van der Waals surface area contributed by atoms with Crippen molar-refractivity contribution in [3.8, 4) is 5.69 Å². The lowest BCUT2D eigenvalue weighted by Gasteiger charge is -2.22. The van der Waals surface area contributed by atoms with Crippen molar-refractivity contribution < 1.29 is 4.79 Å². The van der Waals surface area contributed by atoms with Crippen LogP contribution < -0.4 is 0 Å². The Morgan fingerprint density at radius 1 is 1.23 bits per heavy atom. The molecular formula is C19H15BrN4OS. The van der Waals surface area contributed by atoms with Crippen LogP contribution in [0.15, 0.2) is 57.0 Å². The SMILES string of the molecule is Cc1cc(/C=C2/C(=N)N3C=CSC3=NC2=O)c(C)n1-c1ccc(Br)cc1. The average molecular weight is 427 g/mol. The zero-order valence-corrected chi connectivity index (χ0v) is 16.6. The second-order valence-corrected chi connectivity index (χ2v) is 7.81. The van der Waals surface area contributed by atoms with Gasteiger partial charge in [-0.3, -0.25) is 15.1 Å². The first-order chi connectivity index (χ1) is 12.5. The average Bonchev–Trinajstić information content (AvgIpc) is 3.17. The van der Waals surface area contributed by atoms with Gasteiger partial charge in [-0.05, 0) is 61.2 Å². The molecular weight excluding hydrogens is 412 g/mol. The summed E-state index contributed by atoms with van der Waals surface area (Å²) in [6.07, 6.45) is 3.52. The van der Waals surface area contributed by atoms with Gasteiger partial charge in [0.25, 0.3) is 5.91 Å². The van der Waals surface area contributed by atoms with Crippen LogP contribution in [0.3, 0.4) is 0 Å². The number of fused-ring (bicyclic) bond motifs is 1. The highest BCUT2D eigenvalue weighted by atomic mass is 79.9. The quantitative estimate of drug-likeness (QED) is 0.711. The molecule has 0 radical (unpaired) electrons. The smallest absolute Gasteiger partial charge is 0.283 e. The number of benzene rings is 1. The number of carbonyl (C=O) groups excluding carboxylic acids is 1. The first-order valence-corrected chi connectivity index (χ1v) is 9.64. The van der Waals surface area contributed by atoms with Gasteiger partial charge in [0.15, 0.2) is 5.17 Å². The van der Waals surface area contributed by atoms with Gasteiger partial charge < -0.3 is 4.57 Å². The Hall–Kier alpha value is -2.38. The number of hydrogen-bond acceptors (Lipinski definition) is 3. The summed E-state index contributed by atoms with van der Waals surface area (Å²) in [4.78, 5) is 18.1. The fourth-order valence-corrected chi connectivity index (χ4v) is 4.08. The largest absolute Gasteiger partial charge is 0.318 e. The molecule has 130 valence electrons. The first-order valence-electron chi connectivity index (χ1n) is 7.97. The molecule has 0 fully saturated rings. The third-order valence-corrected chi connectivity index (χ3v) is 5.65. The molecule has 3 heterocycles. The predicted molar refractivity (Wildman–Crippen MR) is 110 cm³/mol. The molecule has 1 amide bonds. The van der Waals surface area contributed by atoms with Gasteiger partial charge in [-0.1, -0.05) is 27.7 Å². The Morgan fingerprint density at radius 2 is 1.96 bits per heavy atom. The maximum Gasteiger partial charge on any atom is 0.283 e. The second kappa shape index (κ2) is 6.41. The van der Waals surface area contributed by atoms with Crippen molar-refractivity contribution in [1.82, 2.24) is 9.47 Å². The van der Waals surface area contributed by atoms with Crippen LogP contribution in [0.5, 0.6) is 0 Å². The molecule has 0 saturated heterocycles. The Kier molecular flexibility index (Phi) is 4.20. The minimum Gasteiger partial charge on any atom is -0.318 e. The number of thioether (sulfide) groups is 1. The van der Waals surface area contributed by atoms with E-state index in [0.29, 0.717) is 10.7 Å². The highest BCUT2D eigenvalue weighted by Crippen LogP contribution is 2.29. The lowest BCUT2D eigenvalue weighted by atomic mass is 10.1. The number of carbonyl (C=O) groups is 1. The summed E-state index contributed by atoms with van der Waals surface area (Å²) in [5.41, 5.74) is 4.34. The highest BCUT2D eigenvalue weighted by Gasteiger charge is 2.31. The van der Waals surface area contributed by atoms with Crippen molar-refractivity contribution >= 4 is 50.7 Å². The van der Waals surface area contributed by atoms with Crippen molar-refractivity contribution in [3.63, 3.8) is 0 Å². The number of aliphatic imine (C=N–C) groups is 1. The van der Waals surface area contributed by atoms with Crippen LogP contribution in [0.4, 0.5) is 0 Å². The first kappa shape index (κ1) is 17.1. The molecule has 0 bridgehead atoms. The van der Waals surface area contributed by atoms with Crippen molar-refractivity contribution in [1.29, 1.82) is 5.41 Å². The van der Waals surface area contributed by atoms with Crippen molar-refractivity contribution in [3.05, 3.63) is 68.9 Å². The predicted octanol–water partition coefficient (Wildman–Crippen LogP) is 4.63. The summed E-state index contributed by atoms with van der Waals surface area (Å²) in [6.45, 7) is 4.04. The second-order valence-electron chi connectivity index (χ2n) is 6.02. The minimum absolute atomic E-state index is 0.162. The Bertz CT molecular complexity index is 1030. The van der Waals surface area contributed by atoms with Gasteiger partial charge in [0.1, 0.15) is 5.84 Å². The minimum atomic E-state index is -0.370. The van der Waals surface area contributed by atoms with Crippen LogP contribution in [-0.4, -0.2) is 26.4 Å². The van der Waals surface area contributed by atoms with Crippen LogP contribution in [0.25, 0.3) is 11.8 Å². The monoisotopic (exact) mass is 426 g/mol.